The zero-order valence-corrected chi connectivity index (χ0v) is 25.5. The molecule has 226 valence electrons. The average Bonchev–Trinajstić information content (AvgIpc) is 3.08. The maximum Gasteiger partial charge on any atom is 0.259 e. The summed E-state index contributed by atoms with van der Waals surface area (Å²) in [6.45, 7) is 3.92. The first kappa shape index (κ1) is 29.9. The lowest BCUT2D eigenvalue weighted by molar-refractivity contribution is 0.101. The number of amides is 2. The summed E-state index contributed by atoms with van der Waals surface area (Å²) in [5, 5.41) is 6.06. The summed E-state index contributed by atoms with van der Waals surface area (Å²) in [5.41, 5.74) is 6.11. The molecule has 0 radical (unpaired) electrons. The Morgan fingerprint density at radius 2 is 0.826 bits per heavy atom. The van der Waals surface area contributed by atoms with Gasteiger partial charge in [-0.2, -0.15) is 0 Å². The van der Waals surface area contributed by atoms with Crippen LogP contribution in [0.1, 0.15) is 31.8 Å². The lowest BCUT2D eigenvalue weighted by atomic mass is 9.99. The molecule has 6 heteroatoms. The molecule has 0 bridgehead atoms. The second-order valence-electron chi connectivity index (χ2n) is 10.8. The summed E-state index contributed by atoms with van der Waals surface area (Å²) in [5.74, 6) is 1.77. The Balaban J connectivity index is 1.15. The number of aryl methyl sites for hydroxylation is 2. The number of hydrogen-bond acceptors (Lipinski definition) is 4. The van der Waals surface area contributed by atoms with Gasteiger partial charge in [0.05, 0.1) is 11.1 Å². The van der Waals surface area contributed by atoms with Crippen LogP contribution in [-0.4, -0.2) is 11.8 Å². The van der Waals surface area contributed by atoms with Crippen LogP contribution in [0.25, 0.3) is 11.1 Å². The largest absolute Gasteiger partial charge is 0.457 e. The van der Waals surface area contributed by atoms with E-state index in [4.69, 9.17) is 9.47 Å². The fourth-order valence-corrected chi connectivity index (χ4v) is 5.06. The number of rotatable bonds is 9. The molecule has 6 aromatic carbocycles. The van der Waals surface area contributed by atoms with Crippen molar-refractivity contribution in [2.24, 2.45) is 0 Å². The molecule has 6 aromatic rings. The van der Waals surface area contributed by atoms with Crippen molar-refractivity contribution >= 4 is 23.2 Å². The van der Waals surface area contributed by atoms with Crippen LogP contribution in [0.3, 0.4) is 0 Å². The van der Waals surface area contributed by atoms with E-state index < -0.39 is 0 Å². The quantitative estimate of drug-likeness (QED) is 0.172. The first-order valence-electron chi connectivity index (χ1n) is 14.9. The van der Waals surface area contributed by atoms with Gasteiger partial charge in [-0.25, -0.2) is 0 Å². The Kier molecular flexibility index (Phi) is 8.88. The van der Waals surface area contributed by atoms with Gasteiger partial charge >= 0.3 is 0 Å². The highest BCUT2D eigenvalue weighted by Crippen LogP contribution is 2.31. The molecule has 0 atom stereocenters. The van der Waals surface area contributed by atoms with E-state index in [0.29, 0.717) is 45.5 Å². The highest BCUT2D eigenvalue weighted by atomic mass is 16.5. The van der Waals surface area contributed by atoms with Gasteiger partial charge in [0.2, 0.25) is 0 Å². The fraction of sp³-hybridized carbons (Fsp3) is 0.0500. The predicted octanol–water partition coefficient (Wildman–Crippen LogP) is 10.1. The maximum atomic E-state index is 13.3. The third-order valence-electron chi connectivity index (χ3n) is 7.49. The highest BCUT2D eigenvalue weighted by molar-refractivity contribution is 6.07. The second kappa shape index (κ2) is 13.7. The van der Waals surface area contributed by atoms with Gasteiger partial charge < -0.3 is 20.1 Å². The van der Waals surface area contributed by atoms with Gasteiger partial charge in [0.25, 0.3) is 11.8 Å². The second-order valence-corrected chi connectivity index (χ2v) is 10.8. The Hall–Kier alpha value is -6.14. The number of nitrogens with one attached hydrogen (secondary N) is 2. The Morgan fingerprint density at radius 1 is 0.457 bits per heavy atom. The molecule has 2 amide bonds. The van der Waals surface area contributed by atoms with Crippen molar-refractivity contribution in [2.45, 2.75) is 13.8 Å². The first-order chi connectivity index (χ1) is 22.4. The summed E-state index contributed by atoms with van der Waals surface area (Å²) in [7, 11) is 0. The molecule has 0 unspecified atom stereocenters. The molecule has 0 aliphatic heterocycles. The van der Waals surface area contributed by atoms with Crippen molar-refractivity contribution in [3.63, 3.8) is 0 Å². The molecule has 6 nitrogen and oxygen atoms in total. The number of ether oxygens (including phenoxy) is 2. The van der Waals surface area contributed by atoms with E-state index in [2.05, 4.69) is 10.6 Å². The Labute approximate surface area is 268 Å². The molecule has 0 aliphatic carbocycles. The van der Waals surface area contributed by atoms with E-state index in [1.54, 1.807) is 24.3 Å². The Morgan fingerprint density at radius 3 is 1.22 bits per heavy atom. The van der Waals surface area contributed by atoms with Gasteiger partial charge in [-0.1, -0.05) is 72.8 Å². The molecule has 0 fully saturated rings. The minimum absolute atomic E-state index is 0.255. The number of carbonyl (C=O) groups excluding carboxylic acids is 2. The SMILES string of the molecule is Cc1cc(-c2ccc(NC(=O)c3ccccc3Oc3ccccc3)c(C)c2)ccc1NC(=O)c1ccccc1Oc1ccccc1. The van der Waals surface area contributed by atoms with Gasteiger partial charge in [-0.05, 0) is 109 Å². The normalized spacial score (nSPS) is 10.6. The number of anilines is 2. The van der Waals surface area contributed by atoms with Gasteiger partial charge in [-0.3, -0.25) is 9.59 Å². The van der Waals surface area contributed by atoms with Gasteiger partial charge in [-0.15, -0.1) is 0 Å². The van der Waals surface area contributed by atoms with E-state index in [-0.39, 0.29) is 11.8 Å². The summed E-state index contributed by atoms with van der Waals surface area (Å²) in [6, 6.07) is 44.9. The summed E-state index contributed by atoms with van der Waals surface area (Å²) < 4.78 is 12.0. The maximum absolute atomic E-state index is 13.3. The van der Waals surface area contributed by atoms with E-state index in [1.807, 2.05) is 135 Å². The predicted molar refractivity (Wildman–Crippen MR) is 183 cm³/mol. The smallest absolute Gasteiger partial charge is 0.259 e. The molecule has 6 rings (SSSR count). The molecule has 0 saturated heterocycles. The minimum atomic E-state index is -0.255. The van der Waals surface area contributed by atoms with Crippen LogP contribution >= 0.6 is 0 Å². The Bertz CT molecular complexity index is 1860. The van der Waals surface area contributed by atoms with Crippen molar-refractivity contribution in [3.05, 3.63) is 168 Å². The van der Waals surface area contributed by atoms with Crippen molar-refractivity contribution in [2.75, 3.05) is 10.6 Å². The molecular weight excluding hydrogens is 572 g/mol. The highest BCUT2D eigenvalue weighted by Gasteiger charge is 2.16. The zero-order chi connectivity index (χ0) is 31.9. The van der Waals surface area contributed by atoms with Crippen LogP contribution in [0.4, 0.5) is 11.4 Å². The number of carbonyl (C=O) groups is 2. The third-order valence-corrected chi connectivity index (χ3v) is 7.49. The molecule has 0 aromatic heterocycles. The van der Waals surface area contributed by atoms with Crippen molar-refractivity contribution in [3.8, 4) is 34.1 Å². The summed E-state index contributed by atoms with van der Waals surface area (Å²) in [6.07, 6.45) is 0. The van der Waals surface area contributed by atoms with Crippen LogP contribution in [0.2, 0.25) is 0 Å². The zero-order valence-electron chi connectivity index (χ0n) is 25.5. The van der Waals surface area contributed by atoms with E-state index in [0.717, 1.165) is 22.3 Å². The molecule has 2 N–H and O–H groups in total. The third kappa shape index (κ3) is 6.98. The number of hydrogen-bond donors (Lipinski definition) is 2. The van der Waals surface area contributed by atoms with Crippen LogP contribution in [0, 0.1) is 13.8 Å². The van der Waals surface area contributed by atoms with Crippen molar-refractivity contribution in [1.29, 1.82) is 0 Å². The molecule has 0 heterocycles. The topological polar surface area (TPSA) is 76.7 Å². The van der Waals surface area contributed by atoms with E-state index in [9.17, 15) is 9.59 Å². The van der Waals surface area contributed by atoms with E-state index in [1.165, 1.54) is 0 Å². The monoisotopic (exact) mass is 604 g/mol. The first-order valence-corrected chi connectivity index (χ1v) is 14.9. The average molecular weight is 605 g/mol. The number of benzene rings is 6. The summed E-state index contributed by atoms with van der Waals surface area (Å²) >= 11 is 0. The van der Waals surface area contributed by atoms with Gasteiger partial charge in [0.15, 0.2) is 0 Å². The van der Waals surface area contributed by atoms with E-state index >= 15 is 0 Å². The van der Waals surface area contributed by atoms with Gasteiger partial charge in [0.1, 0.15) is 23.0 Å². The van der Waals surface area contributed by atoms with Crippen molar-refractivity contribution < 1.29 is 19.1 Å². The molecule has 46 heavy (non-hydrogen) atoms. The van der Waals surface area contributed by atoms with Crippen LogP contribution < -0.4 is 20.1 Å². The molecule has 0 spiro atoms. The molecular formula is C40H32N2O4. The van der Waals surface area contributed by atoms with Crippen LogP contribution in [0.15, 0.2) is 146 Å². The minimum Gasteiger partial charge on any atom is -0.457 e. The number of para-hydroxylation sites is 4. The van der Waals surface area contributed by atoms with Crippen LogP contribution in [0.5, 0.6) is 23.0 Å². The lowest BCUT2D eigenvalue weighted by Gasteiger charge is -2.15. The lowest BCUT2D eigenvalue weighted by Crippen LogP contribution is -2.14. The standard InChI is InChI=1S/C40H32N2O4/c1-27-25-29(21-23-35(27)41-39(43)33-17-9-11-19-37(33)45-31-13-5-3-6-14-31)30-22-24-36(28(2)26-30)42-40(44)34-18-10-12-20-38(34)46-32-15-7-4-8-16-32/h3-26H,1-2H3,(H,41,43)(H,42,44). The molecule has 0 saturated carbocycles. The fourth-order valence-electron chi connectivity index (χ4n) is 5.06. The van der Waals surface area contributed by atoms with Crippen molar-refractivity contribution in [1.82, 2.24) is 0 Å². The van der Waals surface area contributed by atoms with Crippen LogP contribution in [-0.2, 0) is 0 Å². The van der Waals surface area contributed by atoms with Gasteiger partial charge in [0, 0.05) is 11.4 Å². The summed E-state index contributed by atoms with van der Waals surface area (Å²) in [4.78, 5) is 26.6. The molecule has 0 aliphatic rings.